The van der Waals surface area contributed by atoms with Gasteiger partial charge in [0, 0.05) is 11.4 Å². The standard InChI is InChI=1S/C20H23N7O13S3/c1-7-12(17(32)27(7)43(37,38)39)23-16(31)13(10-6-41-19(21)22-10)26-40-20(2,3)18(33)25-24-15(30)9-4-8(42(34,35)36)5-11(28)14(9)29/h4-7,12,28-29H,1-3H3,(H2,21,22)(H,23,31)(H,24,30)(H,25,33)(H,34,35,36)(H,37,38,39)/t7-,12+/m1/s1. The molecule has 2 aromatic rings. The van der Waals surface area contributed by atoms with Gasteiger partial charge in [0.15, 0.2) is 22.3 Å². The Labute approximate surface area is 246 Å². The summed E-state index contributed by atoms with van der Waals surface area (Å²) in [5.41, 5.74) is 5.74. The van der Waals surface area contributed by atoms with Gasteiger partial charge in [0.2, 0.25) is 5.60 Å². The number of benzene rings is 1. The van der Waals surface area contributed by atoms with Gasteiger partial charge in [-0.2, -0.15) is 16.8 Å². The van der Waals surface area contributed by atoms with Crippen LogP contribution in [-0.2, 0) is 39.6 Å². The van der Waals surface area contributed by atoms with Crippen molar-refractivity contribution < 1.29 is 60.2 Å². The number of hydrazine groups is 1. The Balaban J connectivity index is 1.76. The van der Waals surface area contributed by atoms with Crippen LogP contribution in [0.2, 0.25) is 0 Å². The highest BCUT2D eigenvalue weighted by Crippen LogP contribution is 2.32. The SMILES string of the molecule is C[C@@H]1[C@H](NC(=O)C(=NOC(C)(C)C(=O)NNC(=O)c2cc(S(=O)(=O)O)cc(O)c2O)c2csc(N)n2)C(=O)N1S(=O)(=O)O. The average Bonchev–Trinajstić information content (AvgIpc) is 3.31. The van der Waals surface area contributed by atoms with E-state index >= 15 is 0 Å². The summed E-state index contributed by atoms with van der Waals surface area (Å²) in [6, 6.07) is -1.56. The Morgan fingerprint density at radius 1 is 1.14 bits per heavy atom. The molecule has 0 unspecified atom stereocenters. The molecule has 1 saturated heterocycles. The fourth-order valence-electron chi connectivity index (χ4n) is 3.36. The van der Waals surface area contributed by atoms with E-state index in [2.05, 4.69) is 15.5 Å². The van der Waals surface area contributed by atoms with Crippen LogP contribution in [0.5, 0.6) is 11.5 Å². The van der Waals surface area contributed by atoms with Crippen molar-refractivity contribution in [2.75, 3.05) is 5.73 Å². The zero-order valence-electron chi connectivity index (χ0n) is 22.0. The number of nitrogens with zero attached hydrogens (tertiary/aromatic N) is 3. The van der Waals surface area contributed by atoms with Crippen LogP contribution in [-0.4, -0.2) is 92.5 Å². The molecule has 0 spiro atoms. The third kappa shape index (κ3) is 7.08. The third-order valence-corrected chi connectivity index (χ3v) is 8.17. The first-order valence-corrected chi connectivity index (χ1v) is 15.1. The molecule has 23 heteroatoms. The number of phenols is 2. The summed E-state index contributed by atoms with van der Waals surface area (Å²) in [4.78, 5) is 58.5. The number of nitrogens with one attached hydrogen (secondary N) is 3. The number of amides is 4. The van der Waals surface area contributed by atoms with Crippen molar-refractivity contribution in [1.29, 1.82) is 0 Å². The molecule has 20 nitrogen and oxygen atoms in total. The van der Waals surface area contributed by atoms with Crippen LogP contribution in [0.4, 0.5) is 5.13 Å². The number of oxime groups is 1. The maximum absolute atomic E-state index is 13.0. The summed E-state index contributed by atoms with van der Waals surface area (Å²) in [5.74, 6) is -6.84. The Kier molecular flexibility index (Phi) is 8.88. The maximum atomic E-state index is 13.0. The topological polar surface area (TPSA) is 317 Å². The minimum absolute atomic E-state index is 0.00629. The predicted molar refractivity (Wildman–Crippen MR) is 143 cm³/mol. The zero-order chi connectivity index (χ0) is 32.7. The highest BCUT2D eigenvalue weighted by atomic mass is 32.2. The van der Waals surface area contributed by atoms with Crippen molar-refractivity contribution in [3.63, 3.8) is 0 Å². The summed E-state index contributed by atoms with van der Waals surface area (Å²) >= 11 is 0.892. The molecule has 3 rings (SSSR count). The number of nitrogen functional groups attached to an aromatic ring is 1. The van der Waals surface area contributed by atoms with Crippen molar-refractivity contribution in [3.05, 3.63) is 28.8 Å². The lowest BCUT2D eigenvalue weighted by molar-refractivity contribution is -0.144. The first-order chi connectivity index (χ1) is 19.6. The molecule has 1 fully saturated rings. The molecule has 1 aliphatic rings. The molecule has 1 aromatic carbocycles. The molecule has 0 bridgehead atoms. The average molecular weight is 666 g/mol. The van der Waals surface area contributed by atoms with E-state index in [1.54, 1.807) is 0 Å². The Bertz CT molecular complexity index is 1750. The van der Waals surface area contributed by atoms with Crippen LogP contribution in [0.1, 0.15) is 36.8 Å². The van der Waals surface area contributed by atoms with Gasteiger partial charge in [-0.15, -0.1) is 11.3 Å². The molecule has 43 heavy (non-hydrogen) atoms. The molecule has 2 heterocycles. The summed E-state index contributed by atoms with van der Waals surface area (Å²) in [7, 11) is -9.77. The highest BCUT2D eigenvalue weighted by molar-refractivity contribution is 7.85. The molecule has 4 amide bonds. The molecule has 2 atom stereocenters. The number of aromatic nitrogens is 1. The van der Waals surface area contributed by atoms with E-state index in [0.717, 1.165) is 25.2 Å². The number of aromatic hydroxyl groups is 2. The molecule has 0 aliphatic carbocycles. The third-order valence-electron chi connectivity index (χ3n) is 5.66. The lowest BCUT2D eigenvalue weighted by Gasteiger charge is -2.42. The van der Waals surface area contributed by atoms with Gasteiger partial charge in [0.1, 0.15) is 11.7 Å². The summed E-state index contributed by atoms with van der Waals surface area (Å²) in [6.07, 6.45) is 0. The molecule has 0 saturated carbocycles. The van der Waals surface area contributed by atoms with E-state index in [9.17, 15) is 46.2 Å². The Morgan fingerprint density at radius 3 is 2.28 bits per heavy atom. The van der Waals surface area contributed by atoms with Crippen molar-refractivity contribution in [1.82, 2.24) is 25.5 Å². The van der Waals surface area contributed by atoms with Gasteiger partial charge < -0.3 is 26.1 Å². The first-order valence-electron chi connectivity index (χ1n) is 11.4. The lowest BCUT2D eigenvalue weighted by Crippen LogP contribution is -2.71. The summed E-state index contributed by atoms with van der Waals surface area (Å²) in [5, 5.41) is 26.7. The van der Waals surface area contributed by atoms with Gasteiger partial charge in [-0.05, 0) is 26.8 Å². The van der Waals surface area contributed by atoms with Crippen LogP contribution in [0.3, 0.4) is 0 Å². The predicted octanol–water partition coefficient (Wildman–Crippen LogP) is -2.14. The number of anilines is 1. The second kappa shape index (κ2) is 11.6. The molecule has 1 aliphatic heterocycles. The zero-order valence-corrected chi connectivity index (χ0v) is 24.4. The second-order valence-electron chi connectivity index (χ2n) is 9.14. The largest absolute Gasteiger partial charge is 0.504 e. The summed E-state index contributed by atoms with van der Waals surface area (Å²) in [6.45, 7) is 3.50. The molecule has 9 N–H and O–H groups in total. The van der Waals surface area contributed by atoms with Crippen LogP contribution in [0.25, 0.3) is 0 Å². The van der Waals surface area contributed by atoms with Gasteiger partial charge in [-0.25, -0.2) is 9.29 Å². The van der Waals surface area contributed by atoms with E-state index in [-0.39, 0.29) is 15.1 Å². The molecular weight excluding hydrogens is 642 g/mol. The molecule has 1 aromatic heterocycles. The van der Waals surface area contributed by atoms with Gasteiger partial charge >= 0.3 is 10.3 Å². The first kappa shape index (κ1) is 32.9. The van der Waals surface area contributed by atoms with Gasteiger partial charge in [0.25, 0.3) is 33.7 Å². The van der Waals surface area contributed by atoms with Gasteiger partial charge in [-0.1, -0.05) is 5.16 Å². The Hall–Kier alpha value is -4.58. The number of hydrogen-bond acceptors (Lipinski definition) is 15. The normalized spacial score (nSPS) is 17.6. The number of carbonyl (C=O) groups is 4. The second-order valence-corrected chi connectivity index (χ2v) is 12.7. The van der Waals surface area contributed by atoms with Crippen molar-refractivity contribution in [3.8, 4) is 11.5 Å². The van der Waals surface area contributed by atoms with E-state index in [1.165, 1.54) is 12.3 Å². The number of phenolic OH excluding ortho intramolecular Hbond substituents is 2. The lowest BCUT2D eigenvalue weighted by atomic mass is 10.0. The highest BCUT2D eigenvalue weighted by Gasteiger charge is 2.51. The van der Waals surface area contributed by atoms with Gasteiger partial charge in [0.05, 0.1) is 16.5 Å². The number of β-lactam (4-membered cyclic amide) rings is 1. The molecular formula is C20H23N7O13S3. The number of rotatable bonds is 9. The smallest absolute Gasteiger partial charge is 0.362 e. The minimum Gasteiger partial charge on any atom is -0.504 e. The van der Waals surface area contributed by atoms with Crippen LogP contribution >= 0.6 is 11.3 Å². The quantitative estimate of drug-likeness (QED) is 0.0466. The van der Waals surface area contributed by atoms with Gasteiger partial charge in [-0.3, -0.25) is 39.1 Å². The molecule has 234 valence electrons. The van der Waals surface area contributed by atoms with Crippen molar-refractivity contribution >= 4 is 66.2 Å². The number of nitrogens with two attached hydrogens (primary N) is 1. The van der Waals surface area contributed by atoms with E-state index in [4.69, 9.17) is 19.7 Å². The van der Waals surface area contributed by atoms with E-state index in [1.807, 2.05) is 10.9 Å². The fourth-order valence-corrected chi connectivity index (χ4v) is 5.32. The molecule has 0 radical (unpaired) electrons. The minimum atomic E-state index is -4.89. The van der Waals surface area contributed by atoms with Crippen LogP contribution < -0.4 is 21.9 Å². The Morgan fingerprint density at radius 2 is 1.77 bits per heavy atom. The number of thiazole rings is 1. The van der Waals surface area contributed by atoms with E-state index in [0.29, 0.717) is 12.1 Å². The fraction of sp³-hybridized carbons (Fsp3) is 0.300. The van der Waals surface area contributed by atoms with Crippen molar-refractivity contribution in [2.24, 2.45) is 5.16 Å². The number of carbonyl (C=O) groups excluding carboxylic acids is 4. The van der Waals surface area contributed by atoms with Crippen LogP contribution in [0, 0.1) is 0 Å². The van der Waals surface area contributed by atoms with E-state index < -0.39 is 89.4 Å². The van der Waals surface area contributed by atoms with Crippen LogP contribution in [0.15, 0.2) is 27.6 Å². The van der Waals surface area contributed by atoms with Crippen molar-refractivity contribution in [2.45, 2.75) is 43.4 Å². The maximum Gasteiger partial charge on any atom is 0.362 e. The monoisotopic (exact) mass is 665 g/mol. The summed E-state index contributed by atoms with van der Waals surface area (Å²) < 4.78 is 63.8. The number of hydrogen-bond donors (Lipinski definition) is 8.